The number of hydrogen-bond donors (Lipinski definition) is 3. The van der Waals surface area contributed by atoms with E-state index in [0.717, 1.165) is 23.5 Å². The highest BCUT2D eigenvalue weighted by Gasteiger charge is 2.06. The molecule has 0 atom stereocenters. The molecular formula is C12H19N3OS. The molecule has 0 saturated heterocycles. The number of rotatable bonds is 5. The van der Waals surface area contributed by atoms with Crippen LogP contribution in [0.5, 0.6) is 0 Å². The number of hydrogen-bond acceptors (Lipinski definition) is 3. The quantitative estimate of drug-likeness (QED) is 0.694. The number of anilines is 2. The summed E-state index contributed by atoms with van der Waals surface area (Å²) in [6, 6.07) is 6.00. The zero-order valence-electron chi connectivity index (χ0n) is 10.2. The van der Waals surface area contributed by atoms with E-state index in [0.29, 0.717) is 6.54 Å². The Kier molecular flexibility index (Phi) is 5.18. The van der Waals surface area contributed by atoms with Gasteiger partial charge >= 0.3 is 0 Å². The third kappa shape index (κ3) is 3.87. The lowest BCUT2D eigenvalue weighted by molar-refractivity contribution is 0.302. The molecule has 0 spiro atoms. The predicted octanol–water partition coefficient (Wildman–Crippen LogP) is 1.47. The van der Waals surface area contributed by atoms with Crippen molar-refractivity contribution in [3.05, 3.63) is 23.8 Å². The SMILES string of the molecule is CCN(CCO)c1ccc(NC(N)=S)c(C)c1. The van der Waals surface area contributed by atoms with Crippen molar-refractivity contribution in [3.63, 3.8) is 0 Å². The third-order valence-electron chi connectivity index (χ3n) is 2.58. The van der Waals surface area contributed by atoms with E-state index in [4.69, 9.17) is 23.1 Å². The molecule has 0 bridgehead atoms. The zero-order chi connectivity index (χ0) is 12.8. The van der Waals surface area contributed by atoms with Gasteiger partial charge in [-0.3, -0.25) is 0 Å². The van der Waals surface area contributed by atoms with Crippen molar-refractivity contribution in [1.82, 2.24) is 0 Å². The second kappa shape index (κ2) is 6.42. The van der Waals surface area contributed by atoms with E-state index in [-0.39, 0.29) is 11.7 Å². The van der Waals surface area contributed by atoms with E-state index in [1.165, 1.54) is 0 Å². The Morgan fingerprint density at radius 2 is 2.24 bits per heavy atom. The van der Waals surface area contributed by atoms with Gasteiger partial charge in [0.05, 0.1) is 6.61 Å². The van der Waals surface area contributed by atoms with Gasteiger partial charge in [-0.1, -0.05) is 0 Å². The Balaban J connectivity index is 2.90. The highest BCUT2D eigenvalue weighted by molar-refractivity contribution is 7.80. The molecule has 94 valence electrons. The molecule has 0 heterocycles. The number of aryl methyl sites for hydroxylation is 1. The Morgan fingerprint density at radius 1 is 1.53 bits per heavy atom. The molecular weight excluding hydrogens is 234 g/mol. The lowest BCUT2D eigenvalue weighted by Gasteiger charge is -2.23. The Morgan fingerprint density at radius 3 is 2.71 bits per heavy atom. The van der Waals surface area contributed by atoms with Crippen molar-refractivity contribution in [1.29, 1.82) is 0 Å². The molecule has 0 radical (unpaired) electrons. The predicted molar refractivity (Wildman–Crippen MR) is 76.6 cm³/mol. The van der Waals surface area contributed by atoms with Crippen molar-refractivity contribution in [2.24, 2.45) is 5.73 Å². The second-order valence-electron chi connectivity index (χ2n) is 3.79. The summed E-state index contributed by atoms with van der Waals surface area (Å²) >= 11 is 4.81. The number of nitrogens with two attached hydrogens (primary N) is 1. The number of aliphatic hydroxyl groups excluding tert-OH is 1. The van der Waals surface area contributed by atoms with Crippen LogP contribution in [0.15, 0.2) is 18.2 Å². The highest BCUT2D eigenvalue weighted by atomic mass is 32.1. The standard InChI is InChI=1S/C12H19N3OS/c1-3-15(6-7-16)10-4-5-11(9(2)8-10)14-12(13)17/h4-5,8,16H,3,6-7H2,1-2H3,(H3,13,14,17). The Hall–Kier alpha value is -1.33. The van der Waals surface area contributed by atoms with Crippen LogP contribution in [0.4, 0.5) is 11.4 Å². The lowest BCUT2D eigenvalue weighted by atomic mass is 10.1. The Labute approximate surface area is 107 Å². The fourth-order valence-corrected chi connectivity index (χ4v) is 1.82. The molecule has 1 aromatic carbocycles. The van der Waals surface area contributed by atoms with Crippen LogP contribution in [0, 0.1) is 6.92 Å². The molecule has 0 amide bonds. The number of thiocarbonyl (C=S) groups is 1. The number of benzene rings is 1. The van der Waals surface area contributed by atoms with E-state index >= 15 is 0 Å². The van der Waals surface area contributed by atoms with Crippen LogP contribution in [0.3, 0.4) is 0 Å². The van der Waals surface area contributed by atoms with E-state index in [1.807, 2.05) is 19.1 Å². The van der Waals surface area contributed by atoms with Crippen molar-refractivity contribution in [2.75, 3.05) is 29.9 Å². The largest absolute Gasteiger partial charge is 0.395 e. The topological polar surface area (TPSA) is 61.5 Å². The molecule has 0 aliphatic rings. The molecule has 1 aromatic rings. The molecule has 4 nitrogen and oxygen atoms in total. The summed E-state index contributed by atoms with van der Waals surface area (Å²) in [7, 11) is 0. The molecule has 17 heavy (non-hydrogen) atoms. The number of aliphatic hydroxyl groups is 1. The van der Waals surface area contributed by atoms with Gasteiger partial charge in [0.15, 0.2) is 5.11 Å². The third-order valence-corrected chi connectivity index (χ3v) is 2.69. The van der Waals surface area contributed by atoms with E-state index in [2.05, 4.69) is 23.2 Å². The molecule has 1 rings (SSSR count). The van der Waals surface area contributed by atoms with Crippen LogP contribution < -0.4 is 16.0 Å². The van der Waals surface area contributed by atoms with Crippen LogP contribution in [-0.2, 0) is 0 Å². The van der Waals surface area contributed by atoms with Gasteiger partial charge in [-0.15, -0.1) is 0 Å². The van der Waals surface area contributed by atoms with Gasteiger partial charge in [-0.25, -0.2) is 0 Å². The summed E-state index contributed by atoms with van der Waals surface area (Å²) in [5.41, 5.74) is 8.53. The van der Waals surface area contributed by atoms with Crippen molar-refractivity contribution >= 4 is 28.7 Å². The first-order valence-corrected chi connectivity index (χ1v) is 6.02. The second-order valence-corrected chi connectivity index (χ2v) is 4.23. The van der Waals surface area contributed by atoms with Gasteiger partial charge in [0.25, 0.3) is 0 Å². The average Bonchev–Trinajstić information content (AvgIpc) is 2.28. The molecule has 4 N–H and O–H groups in total. The van der Waals surface area contributed by atoms with Gasteiger partial charge in [-0.2, -0.15) is 0 Å². The van der Waals surface area contributed by atoms with Crippen LogP contribution in [0.2, 0.25) is 0 Å². The maximum atomic E-state index is 8.98. The number of likely N-dealkylation sites (N-methyl/N-ethyl adjacent to an activating group) is 1. The fraction of sp³-hybridized carbons (Fsp3) is 0.417. The van der Waals surface area contributed by atoms with Crippen LogP contribution in [0.1, 0.15) is 12.5 Å². The number of nitrogens with one attached hydrogen (secondary N) is 1. The summed E-state index contributed by atoms with van der Waals surface area (Å²) in [6.45, 7) is 5.71. The maximum absolute atomic E-state index is 8.98. The first-order chi connectivity index (χ1) is 8.08. The average molecular weight is 253 g/mol. The summed E-state index contributed by atoms with van der Waals surface area (Å²) < 4.78 is 0. The summed E-state index contributed by atoms with van der Waals surface area (Å²) in [5, 5.41) is 12.2. The molecule has 0 saturated carbocycles. The molecule has 0 aliphatic heterocycles. The fourth-order valence-electron chi connectivity index (χ4n) is 1.71. The van der Waals surface area contributed by atoms with Gasteiger partial charge in [0.2, 0.25) is 0 Å². The molecule has 0 fully saturated rings. The first kappa shape index (κ1) is 13.7. The lowest BCUT2D eigenvalue weighted by Crippen LogP contribution is -2.26. The minimum absolute atomic E-state index is 0.153. The van der Waals surface area contributed by atoms with Crippen LogP contribution in [0.25, 0.3) is 0 Å². The van der Waals surface area contributed by atoms with E-state index in [1.54, 1.807) is 0 Å². The number of nitrogens with zero attached hydrogens (tertiary/aromatic N) is 1. The maximum Gasteiger partial charge on any atom is 0.168 e. The van der Waals surface area contributed by atoms with E-state index < -0.39 is 0 Å². The van der Waals surface area contributed by atoms with Crippen molar-refractivity contribution in [3.8, 4) is 0 Å². The summed E-state index contributed by atoms with van der Waals surface area (Å²) in [4.78, 5) is 2.11. The first-order valence-electron chi connectivity index (χ1n) is 5.61. The minimum atomic E-state index is 0.153. The minimum Gasteiger partial charge on any atom is -0.395 e. The molecule has 5 heteroatoms. The molecule has 0 aromatic heterocycles. The van der Waals surface area contributed by atoms with Gasteiger partial charge < -0.3 is 21.1 Å². The van der Waals surface area contributed by atoms with Gasteiger partial charge in [0, 0.05) is 24.5 Å². The summed E-state index contributed by atoms with van der Waals surface area (Å²) in [6.07, 6.45) is 0. The molecule has 0 aliphatic carbocycles. The van der Waals surface area contributed by atoms with Crippen molar-refractivity contribution in [2.45, 2.75) is 13.8 Å². The van der Waals surface area contributed by atoms with Crippen LogP contribution >= 0.6 is 12.2 Å². The van der Waals surface area contributed by atoms with E-state index in [9.17, 15) is 0 Å². The summed E-state index contributed by atoms with van der Waals surface area (Å²) in [5.74, 6) is 0. The van der Waals surface area contributed by atoms with Gasteiger partial charge in [0.1, 0.15) is 0 Å². The van der Waals surface area contributed by atoms with Crippen molar-refractivity contribution < 1.29 is 5.11 Å². The van der Waals surface area contributed by atoms with Crippen LogP contribution in [-0.4, -0.2) is 29.9 Å². The Bertz CT molecular complexity index is 395. The monoisotopic (exact) mass is 253 g/mol. The highest BCUT2D eigenvalue weighted by Crippen LogP contribution is 2.22. The van der Waals surface area contributed by atoms with Gasteiger partial charge in [-0.05, 0) is 49.8 Å². The molecule has 0 unspecified atom stereocenters. The normalized spacial score (nSPS) is 10.1. The smallest absolute Gasteiger partial charge is 0.168 e. The zero-order valence-corrected chi connectivity index (χ0v) is 11.0.